The number of aromatic amines is 2. The SMILES string of the molecule is CN(C)CCCn1cnc2[nH]c(=O)[nH]c(=O)c21. The molecule has 0 aliphatic heterocycles. The molecule has 0 bridgehead atoms. The number of aryl methyl sites for hydroxylation is 1. The van der Waals surface area contributed by atoms with E-state index in [1.165, 1.54) is 0 Å². The number of hydrogen-bond donors (Lipinski definition) is 2. The number of fused-ring (bicyclic) bond motifs is 1. The predicted molar refractivity (Wildman–Crippen MR) is 64.1 cm³/mol. The minimum atomic E-state index is -0.527. The molecule has 0 saturated carbocycles. The molecule has 7 nitrogen and oxygen atoms in total. The molecule has 2 aromatic heterocycles. The van der Waals surface area contributed by atoms with E-state index in [1.54, 1.807) is 10.9 Å². The second-order valence-electron chi connectivity index (χ2n) is 4.20. The van der Waals surface area contributed by atoms with Crippen LogP contribution in [-0.2, 0) is 6.54 Å². The van der Waals surface area contributed by atoms with Crippen molar-refractivity contribution >= 4 is 11.2 Å². The molecule has 0 atom stereocenters. The zero-order valence-corrected chi connectivity index (χ0v) is 9.86. The normalized spacial score (nSPS) is 11.5. The van der Waals surface area contributed by atoms with Gasteiger partial charge in [0.1, 0.15) is 0 Å². The molecule has 0 fully saturated rings. The summed E-state index contributed by atoms with van der Waals surface area (Å²) >= 11 is 0. The highest BCUT2D eigenvalue weighted by Gasteiger charge is 2.07. The average molecular weight is 237 g/mol. The first kappa shape index (κ1) is 11.6. The molecule has 0 spiro atoms. The summed E-state index contributed by atoms with van der Waals surface area (Å²) in [6, 6.07) is 0. The number of nitrogens with zero attached hydrogens (tertiary/aromatic N) is 3. The first-order chi connectivity index (χ1) is 8.08. The lowest BCUT2D eigenvalue weighted by molar-refractivity contribution is 0.387. The third kappa shape index (κ3) is 2.44. The van der Waals surface area contributed by atoms with Crippen LogP contribution in [0.1, 0.15) is 6.42 Å². The summed E-state index contributed by atoms with van der Waals surface area (Å²) < 4.78 is 1.76. The fraction of sp³-hybridized carbons (Fsp3) is 0.500. The fourth-order valence-electron chi connectivity index (χ4n) is 1.74. The Bertz CT molecular complexity index is 621. The van der Waals surface area contributed by atoms with Gasteiger partial charge in [-0.05, 0) is 27.1 Å². The zero-order chi connectivity index (χ0) is 12.4. The van der Waals surface area contributed by atoms with Crippen molar-refractivity contribution in [2.45, 2.75) is 13.0 Å². The van der Waals surface area contributed by atoms with Crippen molar-refractivity contribution < 1.29 is 0 Å². The van der Waals surface area contributed by atoms with E-state index >= 15 is 0 Å². The summed E-state index contributed by atoms with van der Waals surface area (Å²) in [5.41, 5.74) is -0.167. The standard InChI is InChI=1S/C10H15N5O2/c1-14(2)4-3-5-15-6-11-8-7(15)9(16)13-10(17)12-8/h6H,3-5H2,1-2H3,(H2,12,13,16,17). The van der Waals surface area contributed by atoms with Crippen LogP contribution in [0.25, 0.3) is 11.2 Å². The smallest absolute Gasteiger partial charge is 0.325 e. The topological polar surface area (TPSA) is 86.8 Å². The lowest BCUT2D eigenvalue weighted by atomic mass is 10.4. The molecule has 0 aromatic carbocycles. The number of hydrogen-bond acceptors (Lipinski definition) is 4. The van der Waals surface area contributed by atoms with Gasteiger partial charge in [-0.1, -0.05) is 0 Å². The largest absolute Gasteiger partial charge is 0.327 e. The van der Waals surface area contributed by atoms with Gasteiger partial charge in [-0.15, -0.1) is 0 Å². The molecule has 2 aromatic rings. The van der Waals surface area contributed by atoms with Gasteiger partial charge in [0.2, 0.25) is 0 Å². The van der Waals surface area contributed by atoms with Crippen LogP contribution in [0.15, 0.2) is 15.9 Å². The molecular formula is C10H15N5O2. The van der Waals surface area contributed by atoms with Crippen LogP contribution >= 0.6 is 0 Å². The summed E-state index contributed by atoms with van der Waals surface area (Å²) in [6.07, 6.45) is 2.49. The fourth-order valence-corrected chi connectivity index (χ4v) is 1.74. The Morgan fingerprint density at radius 3 is 2.82 bits per heavy atom. The van der Waals surface area contributed by atoms with E-state index < -0.39 is 11.2 Å². The van der Waals surface area contributed by atoms with Gasteiger partial charge in [0.15, 0.2) is 11.2 Å². The minimum absolute atomic E-state index is 0.337. The Morgan fingerprint density at radius 2 is 2.12 bits per heavy atom. The van der Waals surface area contributed by atoms with Gasteiger partial charge in [0, 0.05) is 6.54 Å². The van der Waals surface area contributed by atoms with E-state index in [1.807, 2.05) is 14.1 Å². The molecule has 0 amide bonds. The van der Waals surface area contributed by atoms with Crippen molar-refractivity contribution in [3.8, 4) is 0 Å². The molecule has 17 heavy (non-hydrogen) atoms. The first-order valence-electron chi connectivity index (χ1n) is 5.40. The molecule has 7 heteroatoms. The van der Waals surface area contributed by atoms with Gasteiger partial charge in [-0.2, -0.15) is 0 Å². The molecule has 0 aliphatic rings. The second kappa shape index (κ2) is 4.54. The van der Waals surface area contributed by atoms with E-state index in [4.69, 9.17) is 0 Å². The summed E-state index contributed by atoms with van der Waals surface area (Å²) in [5, 5.41) is 0. The van der Waals surface area contributed by atoms with Gasteiger partial charge in [-0.3, -0.25) is 14.8 Å². The number of nitrogens with one attached hydrogen (secondary N) is 2. The van der Waals surface area contributed by atoms with Gasteiger partial charge in [0.05, 0.1) is 6.33 Å². The quantitative estimate of drug-likeness (QED) is 0.741. The van der Waals surface area contributed by atoms with Gasteiger partial charge in [0.25, 0.3) is 5.56 Å². The van der Waals surface area contributed by atoms with Crippen molar-refractivity contribution in [2.24, 2.45) is 0 Å². The third-order valence-corrected chi connectivity index (χ3v) is 2.52. The van der Waals surface area contributed by atoms with E-state index in [0.717, 1.165) is 13.0 Å². The third-order valence-electron chi connectivity index (χ3n) is 2.52. The van der Waals surface area contributed by atoms with Crippen LogP contribution in [0.4, 0.5) is 0 Å². The van der Waals surface area contributed by atoms with Crippen molar-refractivity contribution in [1.29, 1.82) is 0 Å². The van der Waals surface area contributed by atoms with Crippen molar-refractivity contribution in [2.75, 3.05) is 20.6 Å². The maximum atomic E-state index is 11.6. The Balaban J connectivity index is 2.30. The Hall–Kier alpha value is -1.89. The van der Waals surface area contributed by atoms with Crippen molar-refractivity contribution in [3.63, 3.8) is 0 Å². The van der Waals surface area contributed by atoms with Crippen LogP contribution in [0, 0.1) is 0 Å². The van der Waals surface area contributed by atoms with Crippen molar-refractivity contribution in [1.82, 2.24) is 24.4 Å². The molecule has 2 heterocycles. The molecule has 92 valence electrons. The minimum Gasteiger partial charge on any atom is -0.325 e. The Morgan fingerprint density at radius 1 is 1.35 bits per heavy atom. The Kier molecular flexibility index (Phi) is 3.10. The van der Waals surface area contributed by atoms with Crippen LogP contribution in [0.5, 0.6) is 0 Å². The monoisotopic (exact) mass is 237 g/mol. The number of imidazole rings is 1. The average Bonchev–Trinajstić information content (AvgIpc) is 2.60. The van der Waals surface area contributed by atoms with Crippen LogP contribution < -0.4 is 11.2 Å². The molecule has 0 unspecified atom stereocenters. The second-order valence-corrected chi connectivity index (χ2v) is 4.20. The van der Waals surface area contributed by atoms with Crippen LogP contribution in [0.2, 0.25) is 0 Å². The number of aromatic nitrogens is 4. The highest BCUT2D eigenvalue weighted by Crippen LogP contribution is 2.03. The molecule has 0 radical (unpaired) electrons. The van der Waals surface area contributed by atoms with Crippen LogP contribution in [-0.4, -0.2) is 45.1 Å². The maximum absolute atomic E-state index is 11.6. The lowest BCUT2D eigenvalue weighted by Gasteiger charge is -2.09. The number of H-pyrrole nitrogens is 2. The molecular weight excluding hydrogens is 222 g/mol. The summed E-state index contributed by atoms with van der Waals surface area (Å²) in [4.78, 5) is 33.5. The zero-order valence-electron chi connectivity index (χ0n) is 9.86. The van der Waals surface area contributed by atoms with E-state index in [-0.39, 0.29) is 0 Å². The highest BCUT2D eigenvalue weighted by atomic mass is 16.2. The lowest BCUT2D eigenvalue weighted by Crippen LogP contribution is -2.23. The van der Waals surface area contributed by atoms with Crippen molar-refractivity contribution in [3.05, 3.63) is 27.2 Å². The van der Waals surface area contributed by atoms with Crippen LogP contribution in [0.3, 0.4) is 0 Å². The molecule has 2 N–H and O–H groups in total. The van der Waals surface area contributed by atoms with E-state index in [9.17, 15) is 9.59 Å². The maximum Gasteiger partial charge on any atom is 0.327 e. The van der Waals surface area contributed by atoms with Gasteiger partial charge in [-0.25, -0.2) is 9.78 Å². The molecule has 0 saturated heterocycles. The van der Waals surface area contributed by atoms with E-state index in [2.05, 4.69) is 19.9 Å². The van der Waals surface area contributed by atoms with Gasteiger partial charge >= 0.3 is 5.69 Å². The highest BCUT2D eigenvalue weighted by molar-refractivity contribution is 5.68. The van der Waals surface area contributed by atoms with Gasteiger partial charge < -0.3 is 9.47 Å². The summed E-state index contributed by atoms with van der Waals surface area (Å²) in [5.74, 6) is 0. The first-order valence-corrected chi connectivity index (χ1v) is 5.40. The number of rotatable bonds is 4. The molecule has 0 aliphatic carbocycles. The molecule has 2 rings (SSSR count). The Labute approximate surface area is 97.1 Å². The summed E-state index contributed by atoms with van der Waals surface area (Å²) in [7, 11) is 3.99. The summed E-state index contributed by atoms with van der Waals surface area (Å²) in [6.45, 7) is 1.63. The predicted octanol–water partition coefficient (Wildman–Crippen LogP) is -0.635. The van der Waals surface area contributed by atoms with E-state index in [0.29, 0.717) is 17.7 Å².